The number of carbonyl (C=O) groups excluding carboxylic acids is 1. The Kier molecular flexibility index (Phi) is 3.77. The Labute approximate surface area is 123 Å². The van der Waals surface area contributed by atoms with Gasteiger partial charge in [-0.05, 0) is 34.6 Å². The number of nitrogens with zero attached hydrogens (tertiary/aromatic N) is 3. The number of aryl methyl sites for hydroxylation is 2. The maximum Gasteiger partial charge on any atom is 0.410 e. The van der Waals surface area contributed by atoms with Crippen molar-refractivity contribution in [1.29, 1.82) is 0 Å². The number of rotatable bonds is 2. The van der Waals surface area contributed by atoms with E-state index in [0.717, 1.165) is 16.3 Å². The fraction of sp³-hybridized carbons (Fsp3) is 0.571. The van der Waals surface area contributed by atoms with Gasteiger partial charge in [-0.25, -0.2) is 9.78 Å². The van der Waals surface area contributed by atoms with Gasteiger partial charge < -0.3 is 9.64 Å². The summed E-state index contributed by atoms with van der Waals surface area (Å²) in [6.45, 7) is 10.1. The number of hydrogen-bond donors (Lipinski definition) is 0. The van der Waals surface area contributed by atoms with E-state index in [-0.39, 0.29) is 6.09 Å². The van der Waals surface area contributed by atoms with Crippen molar-refractivity contribution in [3.05, 3.63) is 22.5 Å². The lowest BCUT2D eigenvalue weighted by Gasteiger charge is -2.24. The summed E-state index contributed by atoms with van der Waals surface area (Å²) >= 11 is 1.65. The molecule has 1 amide bonds. The molecule has 0 atom stereocenters. The number of amides is 1. The average molecular weight is 295 g/mol. The van der Waals surface area contributed by atoms with Crippen LogP contribution >= 0.6 is 11.3 Å². The van der Waals surface area contributed by atoms with Gasteiger partial charge in [-0.15, -0.1) is 11.3 Å². The van der Waals surface area contributed by atoms with Gasteiger partial charge in [0.2, 0.25) is 0 Å². The van der Waals surface area contributed by atoms with E-state index in [0.29, 0.717) is 6.54 Å². The molecule has 0 fully saturated rings. The zero-order chi connectivity index (χ0) is 15.1. The Morgan fingerprint density at radius 1 is 1.45 bits per heavy atom. The highest BCUT2D eigenvalue weighted by Gasteiger charge is 2.21. The van der Waals surface area contributed by atoms with E-state index in [9.17, 15) is 4.79 Å². The van der Waals surface area contributed by atoms with E-state index in [1.807, 2.05) is 27.7 Å². The predicted octanol–water partition coefficient (Wildman–Crippen LogP) is 3.38. The lowest BCUT2D eigenvalue weighted by molar-refractivity contribution is 0.0282. The van der Waals surface area contributed by atoms with Crippen LogP contribution in [-0.4, -0.2) is 33.0 Å². The normalized spacial score (nSPS) is 11.9. The molecule has 2 aromatic heterocycles. The SMILES string of the molecule is Cc1cn2c(CN(C)C(=O)OC(C)(C)C)c(C)nc2s1. The molecule has 0 N–H and O–H groups in total. The third kappa shape index (κ3) is 3.12. The van der Waals surface area contributed by atoms with Crippen molar-refractivity contribution >= 4 is 22.4 Å². The van der Waals surface area contributed by atoms with Crippen LogP contribution in [0.25, 0.3) is 4.96 Å². The molecule has 0 aromatic carbocycles. The van der Waals surface area contributed by atoms with Gasteiger partial charge in [0.25, 0.3) is 0 Å². The van der Waals surface area contributed by atoms with Gasteiger partial charge in [0.15, 0.2) is 4.96 Å². The summed E-state index contributed by atoms with van der Waals surface area (Å²) in [4.78, 5) is 20.3. The third-order valence-electron chi connectivity index (χ3n) is 2.83. The van der Waals surface area contributed by atoms with E-state index in [2.05, 4.69) is 22.5 Å². The van der Waals surface area contributed by atoms with E-state index in [1.54, 1.807) is 23.3 Å². The minimum atomic E-state index is -0.480. The molecule has 0 bridgehead atoms. The van der Waals surface area contributed by atoms with Crippen LogP contribution in [0, 0.1) is 13.8 Å². The van der Waals surface area contributed by atoms with E-state index in [4.69, 9.17) is 4.74 Å². The van der Waals surface area contributed by atoms with Crippen LogP contribution in [0.3, 0.4) is 0 Å². The van der Waals surface area contributed by atoms with Crippen molar-refractivity contribution in [3.63, 3.8) is 0 Å². The lowest BCUT2D eigenvalue weighted by atomic mass is 10.2. The van der Waals surface area contributed by atoms with Gasteiger partial charge in [0, 0.05) is 18.1 Å². The predicted molar refractivity (Wildman–Crippen MR) is 80.2 cm³/mol. The van der Waals surface area contributed by atoms with E-state index < -0.39 is 5.60 Å². The molecule has 0 saturated carbocycles. The molecule has 2 rings (SSSR count). The highest BCUT2D eigenvalue weighted by Crippen LogP contribution is 2.22. The molecule has 0 unspecified atom stereocenters. The number of imidazole rings is 1. The van der Waals surface area contributed by atoms with Crippen LogP contribution in [0.1, 0.15) is 37.0 Å². The first-order chi connectivity index (χ1) is 9.17. The van der Waals surface area contributed by atoms with E-state index >= 15 is 0 Å². The highest BCUT2D eigenvalue weighted by molar-refractivity contribution is 7.17. The summed E-state index contributed by atoms with van der Waals surface area (Å²) in [5.41, 5.74) is 1.50. The summed E-state index contributed by atoms with van der Waals surface area (Å²) in [7, 11) is 1.74. The van der Waals surface area contributed by atoms with Crippen molar-refractivity contribution in [2.24, 2.45) is 0 Å². The summed E-state index contributed by atoms with van der Waals surface area (Å²) in [5, 5.41) is 0. The van der Waals surface area contributed by atoms with Crippen LogP contribution in [0.4, 0.5) is 4.79 Å². The third-order valence-corrected chi connectivity index (χ3v) is 3.73. The van der Waals surface area contributed by atoms with Gasteiger partial charge in [0.05, 0.1) is 17.9 Å². The fourth-order valence-electron chi connectivity index (χ4n) is 1.93. The van der Waals surface area contributed by atoms with Crippen molar-refractivity contribution in [3.8, 4) is 0 Å². The van der Waals surface area contributed by atoms with Gasteiger partial charge in [0.1, 0.15) is 5.60 Å². The van der Waals surface area contributed by atoms with E-state index in [1.165, 1.54) is 4.88 Å². The summed E-state index contributed by atoms with van der Waals surface area (Å²) in [5.74, 6) is 0. The minimum Gasteiger partial charge on any atom is -0.444 e. The summed E-state index contributed by atoms with van der Waals surface area (Å²) in [6.07, 6.45) is 1.73. The molecule has 2 aromatic rings. The molecule has 0 saturated heterocycles. The largest absolute Gasteiger partial charge is 0.444 e. The minimum absolute atomic E-state index is 0.321. The van der Waals surface area contributed by atoms with Crippen molar-refractivity contribution < 1.29 is 9.53 Å². The molecule has 20 heavy (non-hydrogen) atoms. The van der Waals surface area contributed by atoms with Gasteiger partial charge in [-0.3, -0.25) is 4.40 Å². The lowest BCUT2D eigenvalue weighted by Crippen LogP contribution is -2.34. The quantitative estimate of drug-likeness (QED) is 0.853. The number of fused-ring (bicyclic) bond motifs is 1. The second-order valence-electron chi connectivity index (χ2n) is 5.97. The van der Waals surface area contributed by atoms with Gasteiger partial charge in [-0.2, -0.15) is 0 Å². The van der Waals surface area contributed by atoms with Crippen molar-refractivity contribution in [1.82, 2.24) is 14.3 Å². The second-order valence-corrected chi connectivity index (χ2v) is 7.19. The summed E-state index contributed by atoms with van der Waals surface area (Å²) < 4.78 is 7.42. The molecule has 5 nitrogen and oxygen atoms in total. The van der Waals surface area contributed by atoms with Crippen LogP contribution in [0.15, 0.2) is 6.20 Å². The average Bonchev–Trinajstić information content (AvgIpc) is 2.74. The standard InChI is InChI=1S/C14H21N3O2S/c1-9-7-17-11(10(2)15-12(17)20-9)8-16(6)13(18)19-14(3,4)5/h7H,8H2,1-6H3. The van der Waals surface area contributed by atoms with Crippen LogP contribution < -0.4 is 0 Å². The molecule has 0 aliphatic carbocycles. The number of ether oxygens (including phenoxy) is 1. The Bertz CT molecular complexity index is 637. The van der Waals surface area contributed by atoms with Gasteiger partial charge in [-0.1, -0.05) is 0 Å². The molecule has 110 valence electrons. The molecular formula is C14H21N3O2S. The first-order valence-electron chi connectivity index (χ1n) is 6.55. The molecular weight excluding hydrogens is 274 g/mol. The second kappa shape index (κ2) is 5.09. The van der Waals surface area contributed by atoms with Gasteiger partial charge >= 0.3 is 6.09 Å². The molecule has 2 heterocycles. The number of aromatic nitrogens is 2. The Morgan fingerprint density at radius 3 is 2.70 bits per heavy atom. The van der Waals surface area contributed by atoms with Crippen molar-refractivity contribution in [2.75, 3.05) is 7.05 Å². The molecule has 0 aliphatic heterocycles. The Morgan fingerprint density at radius 2 is 2.10 bits per heavy atom. The Balaban J connectivity index is 2.19. The first-order valence-corrected chi connectivity index (χ1v) is 7.37. The fourth-order valence-corrected chi connectivity index (χ4v) is 2.82. The van der Waals surface area contributed by atoms with Crippen LogP contribution in [0.5, 0.6) is 0 Å². The number of thiazole rings is 1. The monoisotopic (exact) mass is 295 g/mol. The van der Waals surface area contributed by atoms with Crippen molar-refractivity contribution in [2.45, 2.75) is 46.8 Å². The summed E-state index contributed by atoms with van der Waals surface area (Å²) in [6, 6.07) is 0. The highest BCUT2D eigenvalue weighted by atomic mass is 32.1. The molecule has 0 aliphatic rings. The number of carbonyl (C=O) groups is 1. The van der Waals surface area contributed by atoms with Crippen LogP contribution in [-0.2, 0) is 11.3 Å². The smallest absolute Gasteiger partial charge is 0.410 e. The first kappa shape index (κ1) is 14.8. The topological polar surface area (TPSA) is 46.8 Å². The molecule has 6 heteroatoms. The maximum atomic E-state index is 12.0. The molecule has 0 radical (unpaired) electrons. The zero-order valence-corrected chi connectivity index (χ0v) is 13.7. The zero-order valence-electron chi connectivity index (χ0n) is 12.9. The van der Waals surface area contributed by atoms with Crippen LogP contribution in [0.2, 0.25) is 0 Å². The Hall–Kier alpha value is -1.56. The number of hydrogen-bond acceptors (Lipinski definition) is 4. The maximum absolute atomic E-state index is 12.0. The molecule has 0 spiro atoms.